The molecule has 0 N–H and O–H groups in total. The molecule has 22 heavy (non-hydrogen) atoms. The molecule has 2 aliphatic heterocycles. The summed E-state index contributed by atoms with van der Waals surface area (Å²) in [6.07, 6.45) is 4.20. The highest BCUT2D eigenvalue weighted by Crippen LogP contribution is 2.24. The average Bonchev–Trinajstić information content (AvgIpc) is 2.37. The van der Waals surface area contributed by atoms with Crippen LogP contribution in [0.25, 0.3) is 0 Å². The molecule has 0 aromatic heterocycles. The first kappa shape index (κ1) is 19.9. The van der Waals surface area contributed by atoms with Gasteiger partial charge in [0, 0.05) is 29.7 Å². The second-order valence-electron chi connectivity index (χ2n) is 9.00. The van der Waals surface area contributed by atoms with Crippen molar-refractivity contribution in [2.75, 3.05) is 26.3 Å². The molecule has 0 saturated carbocycles. The molecule has 0 bridgehead atoms. The Kier molecular flexibility index (Phi) is 7.35. The molecule has 2 saturated heterocycles. The van der Waals surface area contributed by atoms with Gasteiger partial charge in [0.05, 0.1) is 13.2 Å². The van der Waals surface area contributed by atoms with Crippen LogP contribution in [-0.4, -0.2) is 59.3 Å². The number of likely N-dealkylation sites (tertiary alicyclic amines) is 1. The monoisotopic (exact) mass is 312 g/mol. The van der Waals surface area contributed by atoms with Crippen molar-refractivity contribution in [3.8, 4) is 0 Å². The summed E-state index contributed by atoms with van der Waals surface area (Å²) in [7, 11) is 0. The Morgan fingerprint density at radius 2 is 1.32 bits per heavy atom. The zero-order chi connectivity index (χ0) is 17.0. The SMILES string of the molecule is C[C@@H]1CCCCN1C(C)(C)C.C[C@H]1COCCN1C(C)(C)C. The number of hydrogen-bond acceptors (Lipinski definition) is 3. The van der Waals surface area contributed by atoms with Gasteiger partial charge in [-0.25, -0.2) is 0 Å². The lowest BCUT2D eigenvalue weighted by molar-refractivity contribution is -0.0421. The lowest BCUT2D eigenvalue weighted by Gasteiger charge is -2.43. The van der Waals surface area contributed by atoms with Crippen molar-refractivity contribution in [3.05, 3.63) is 0 Å². The topological polar surface area (TPSA) is 15.7 Å². The Morgan fingerprint density at radius 1 is 0.773 bits per heavy atom. The normalized spacial score (nSPS) is 28.9. The molecule has 132 valence electrons. The van der Waals surface area contributed by atoms with E-state index in [9.17, 15) is 0 Å². The highest BCUT2D eigenvalue weighted by molar-refractivity contribution is 4.84. The molecule has 3 nitrogen and oxygen atoms in total. The Morgan fingerprint density at radius 3 is 1.68 bits per heavy atom. The fourth-order valence-corrected chi connectivity index (χ4v) is 3.82. The highest BCUT2D eigenvalue weighted by atomic mass is 16.5. The second kappa shape index (κ2) is 8.12. The van der Waals surface area contributed by atoms with Crippen LogP contribution in [0.5, 0.6) is 0 Å². The van der Waals surface area contributed by atoms with Gasteiger partial charge in [0.1, 0.15) is 0 Å². The first-order valence-electron chi connectivity index (χ1n) is 9.14. The smallest absolute Gasteiger partial charge is 0.0620 e. The van der Waals surface area contributed by atoms with Gasteiger partial charge in [0.25, 0.3) is 0 Å². The molecule has 0 radical (unpaired) electrons. The van der Waals surface area contributed by atoms with Crippen LogP contribution in [0.4, 0.5) is 0 Å². The summed E-state index contributed by atoms with van der Waals surface area (Å²) in [5, 5.41) is 0. The maximum atomic E-state index is 5.37. The Labute approximate surface area is 139 Å². The molecule has 0 spiro atoms. The molecule has 2 rings (SSSR count). The van der Waals surface area contributed by atoms with Gasteiger partial charge in [-0.1, -0.05) is 6.42 Å². The van der Waals surface area contributed by atoms with E-state index in [1.807, 2.05) is 0 Å². The molecule has 3 heteroatoms. The van der Waals surface area contributed by atoms with Crippen LogP contribution in [0.1, 0.15) is 74.7 Å². The number of nitrogens with zero attached hydrogens (tertiary/aromatic N) is 2. The van der Waals surface area contributed by atoms with E-state index >= 15 is 0 Å². The van der Waals surface area contributed by atoms with Crippen LogP contribution in [0.3, 0.4) is 0 Å². The molecular weight excluding hydrogens is 272 g/mol. The minimum absolute atomic E-state index is 0.295. The quantitative estimate of drug-likeness (QED) is 0.668. The summed E-state index contributed by atoms with van der Waals surface area (Å²) < 4.78 is 5.37. The van der Waals surface area contributed by atoms with Gasteiger partial charge in [-0.15, -0.1) is 0 Å². The third-order valence-corrected chi connectivity index (χ3v) is 4.89. The summed E-state index contributed by atoms with van der Waals surface area (Å²) in [6, 6.07) is 1.37. The lowest BCUT2D eigenvalue weighted by Crippen LogP contribution is -2.53. The first-order chi connectivity index (χ1) is 10.0. The maximum Gasteiger partial charge on any atom is 0.0620 e. The van der Waals surface area contributed by atoms with Gasteiger partial charge >= 0.3 is 0 Å². The van der Waals surface area contributed by atoms with Crippen molar-refractivity contribution >= 4 is 0 Å². The Bertz CT molecular complexity index is 284. The fraction of sp³-hybridized carbons (Fsp3) is 1.00. The van der Waals surface area contributed by atoms with Crippen molar-refractivity contribution in [1.82, 2.24) is 9.80 Å². The van der Waals surface area contributed by atoms with Crippen molar-refractivity contribution < 1.29 is 4.74 Å². The zero-order valence-corrected chi connectivity index (χ0v) is 16.4. The minimum atomic E-state index is 0.295. The summed E-state index contributed by atoms with van der Waals surface area (Å²) in [4.78, 5) is 5.12. The molecule has 0 aliphatic carbocycles. The van der Waals surface area contributed by atoms with Crippen LogP contribution in [0.2, 0.25) is 0 Å². The summed E-state index contributed by atoms with van der Waals surface area (Å²) >= 11 is 0. The molecule has 0 aromatic rings. The van der Waals surface area contributed by atoms with Crippen molar-refractivity contribution in [1.29, 1.82) is 0 Å². The minimum Gasteiger partial charge on any atom is -0.379 e. The van der Waals surface area contributed by atoms with Crippen LogP contribution >= 0.6 is 0 Å². The van der Waals surface area contributed by atoms with Crippen LogP contribution in [-0.2, 0) is 4.74 Å². The molecule has 2 atom stereocenters. The lowest BCUT2D eigenvalue weighted by atomic mass is 9.96. The van der Waals surface area contributed by atoms with E-state index in [1.54, 1.807) is 0 Å². The number of morpholine rings is 1. The second-order valence-corrected chi connectivity index (χ2v) is 9.00. The maximum absolute atomic E-state index is 5.37. The van der Waals surface area contributed by atoms with E-state index < -0.39 is 0 Å². The van der Waals surface area contributed by atoms with Crippen LogP contribution < -0.4 is 0 Å². The zero-order valence-electron chi connectivity index (χ0n) is 16.4. The Hall–Kier alpha value is -0.120. The predicted octanol–water partition coefficient (Wildman–Crippen LogP) is 4.16. The molecule has 0 unspecified atom stereocenters. The van der Waals surface area contributed by atoms with E-state index in [0.29, 0.717) is 17.1 Å². The van der Waals surface area contributed by atoms with E-state index in [-0.39, 0.29) is 0 Å². The van der Waals surface area contributed by atoms with Gasteiger partial charge in [-0.05, 0) is 74.8 Å². The Balaban J connectivity index is 0.000000220. The van der Waals surface area contributed by atoms with Crippen molar-refractivity contribution in [2.24, 2.45) is 0 Å². The van der Waals surface area contributed by atoms with E-state index in [2.05, 4.69) is 65.2 Å². The molecule has 2 heterocycles. The number of hydrogen-bond donors (Lipinski definition) is 0. The van der Waals surface area contributed by atoms with Gasteiger partial charge in [0.15, 0.2) is 0 Å². The van der Waals surface area contributed by atoms with Gasteiger partial charge in [-0.2, -0.15) is 0 Å². The molecular formula is C19H40N2O. The molecule has 0 aromatic carbocycles. The molecule has 0 amide bonds. The summed E-state index contributed by atoms with van der Waals surface area (Å²) in [5.41, 5.74) is 0.670. The summed E-state index contributed by atoms with van der Waals surface area (Å²) in [6.45, 7) is 22.4. The van der Waals surface area contributed by atoms with Crippen molar-refractivity contribution in [3.63, 3.8) is 0 Å². The number of rotatable bonds is 0. The summed E-state index contributed by atoms with van der Waals surface area (Å²) in [5.74, 6) is 0. The standard InChI is InChI=1S/C10H21N.C9H19NO/c1-9-7-5-6-8-11(9)10(2,3)4;1-8-7-11-6-5-10(8)9(2,3)4/h9H,5-8H2,1-4H3;8H,5-7H2,1-4H3/t9-;8-/m10/s1. The fourth-order valence-electron chi connectivity index (χ4n) is 3.82. The first-order valence-corrected chi connectivity index (χ1v) is 9.14. The largest absolute Gasteiger partial charge is 0.379 e. The van der Waals surface area contributed by atoms with E-state index in [1.165, 1.54) is 25.8 Å². The van der Waals surface area contributed by atoms with Gasteiger partial charge < -0.3 is 4.74 Å². The van der Waals surface area contributed by atoms with Gasteiger partial charge in [0.2, 0.25) is 0 Å². The third kappa shape index (κ3) is 6.17. The number of piperidine rings is 1. The van der Waals surface area contributed by atoms with Crippen LogP contribution in [0.15, 0.2) is 0 Å². The molecule has 2 fully saturated rings. The number of ether oxygens (including phenoxy) is 1. The van der Waals surface area contributed by atoms with Crippen LogP contribution in [0, 0.1) is 0 Å². The predicted molar refractivity (Wildman–Crippen MR) is 96.5 cm³/mol. The highest BCUT2D eigenvalue weighted by Gasteiger charge is 2.28. The average molecular weight is 313 g/mol. The van der Waals surface area contributed by atoms with E-state index in [0.717, 1.165) is 25.8 Å². The third-order valence-electron chi connectivity index (χ3n) is 4.89. The van der Waals surface area contributed by atoms with Gasteiger partial charge in [-0.3, -0.25) is 9.80 Å². The van der Waals surface area contributed by atoms with Crippen molar-refractivity contribution in [2.45, 2.75) is 97.8 Å². The van der Waals surface area contributed by atoms with E-state index in [4.69, 9.17) is 4.74 Å². The molecule has 2 aliphatic rings.